The van der Waals surface area contributed by atoms with Crippen molar-refractivity contribution in [1.82, 2.24) is 9.80 Å². The van der Waals surface area contributed by atoms with Crippen molar-refractivity contribution in [2.75, 3.05) is 26.7 Å². The van der Waals surface area contributed by atoms with Crippen molar-refractivity contribution in [1.29, 1.82) is 0 Å². The summed E-state index contributed by atoms with van der Waals surface area (Å²) < 4.78 is 5.50. The van der Waals surface area contributed by atoms with Gasteiger partial charge in [-0.1, -0.05) is 0 Å². The van der Waals surface area contributed by atoms with Crippen molar-refractivity contribution in [2.24, 2.45) is 5.92 Å². The van der Waals surface area contributed by atoms with E-state index in [-0.39, 0.29) is 5.91 Å². The molecular weight excluding hydrogens is 240 g/mol. The molecule has 4 heterocycles. The summed E-state index contributed by atoms with van der Waals surface area (Å²) >= 11 is 0. The zero-order valence-corrected chi connectivity index (χ0v) is 12.0. The van der Waals surface area contributed by atoms with Gasteiger partial charge in [-0.05, 0) is 45.7 Å². The van der Waals surface area contributed by atoms with Crippen molar-refractivity contribution in [3.63, 3.8) is 0 Å². The molecule has 19 heavy (non-hydrogen) atoms. The fourth-order valence-electron chi connectivity index (χ4n) is 3.56. The van der Waals surface area contributed by atoms with Crippen LogP contribution >= 0.6 is 0 Å². The highest BCUT2D eigenvalue weighted by atomic mass is 16.3. The van der Waals surface area contributed by atoms with Crippen molar-refractivity contribution >= 4 is 5.91 Å². The molecule has 3 aliphatic heterocycles. The summed E-state index contributed by atoms with van der Waals surface area (Å²) in [4.78, 5) is 17.2. The van der Waals surface area contributed by atoms with Gasteiger partial charge in [0.1, 0.15) is 11.5 Å². The van der Waals surface area contributed by atoms with Gasteiger partial charge in [0.15, 0.2) is 0 Å². The van der Waals surface area contributed by atoms with Gasteiger partial charge >= 0.3 is 0 Å². The number of carbonyl (C=O) groups excluding carboxylic acids is 1. The maximum Gasteiger partial charge on any atom is 0.257 e. The van der Waals surface area contributed by atoms with Gasteiger partial charge in [0.05, 0.1) is 5.56 Å². The molecule has 3 saturated heterocycles. The number of fused-ring (bicyclic) bond motifs is 4. The third-order valence-corrected chi connectivity index (χ3v) is 4.43. The number of hydrogen-bond acceptors (Lipinski definition) is 3. The lowest BCUT2D eigenvalue weighted by atomic mass is 9.94. The van der Waals surface area contributed by atoms with E-state index in [0.29, 0.717) is 12.0 Å². The molecule has 2 atom stereocenters. The zero-order valence-electron chi connectivity index (χ0n) is 12.0. The summed E-state index contributed by atoms with van der Waals surface area (Å²) in [5.74, 6) is 2.34. The van der Waals surface area contributed by atoms with Crippen LogP contribution in [-0.4, -0.2) is 48.4 Å². The summed E-state index contributed by atoms with van der Waals surface area (Å²) in [7, 11) is 2.16. The van der Waals surface area contributed by atoms with Crippen LogP contribution in [0.4, 0.5) is 0 Å². The first-order chi connectivity index (χ1) is 9.04. The molecule has 4 rings (SSSR count). The fourth-order valence-corrected chi connectivity index (χ4v) is 3.56. The molecule has 0 saturated carbocycles. The first kappa shape index (κ1) is 12.7. The van der Waals surface area contributed by atoms with Crippen LogP contribution in [0.5, 0.6) is 0 Å². The van der Waals surface area contributed by atoms with Crippen LogP contribution in [-0.2, 0) is 0 Å². The standard InChI is InChI=1S/C15H22N2O2/c1-10-6-14(11(2)19-10)15(18)17-8-12-4-5-13(17)9-16(3)7-12/h6,12-13H,4-5,7-9H2,1-3H3/t12-,13+/m1/s1. The van der Waals surface area contributed by atoms with Crippen LogP contribution in [0.3, 0.4) is 0 Å². The van der Waals surface area contributed by atoms with Gasteiger partial charge in [-0.2, -0.15) is 0 Å². The molecule has 0 unspecified atom stereocenters. The summed E-state index contributed by atoms with van der Waals surface area (Å²) in [6, 6.07) is 2.24. The molecule has 3 aliphatic rings. The normalized spacial score (nSPS) is 27.6. The Morgan fingerprint density at radius 3 is 2.74 bits per heavy atom. The molecule has 4 nitrogen and oxygen atoms in total. The van der Waals surface area contributed by atoms with Crippen molar-refractivity contribution < 1.29 is 9.21 Å². The lowest BCUT2D eigenvalue weighted by Gasteiger charge is -2.36. The number of nitrogens with zero attached hydrogens (tertiary/aromatic N) is 2. The number of carbonyl (C=O) groups is 1. The predicted octanol–water partition coefficient (Wildman–Crippen LogP) is 2.06. The quantitative estimate of drug-likeness (QED) is 0.777. The Kier molecular flexibility index (Phi) is 3.13. The number of hydrogen-bond donors (Lipinski definition) is 0. The molecule has 4 heteroatoms. The minimum Gasteiger partial charge on any atom is -0.466 e. The SMILES string of the molecule is Cc1cc(C(=O)N2C[C@@H]3CC[C@H]2CN(C)C3)c(C)o1. The Morgan fingerprint density at radius 2 is 2.05 bits per heavy atom. The third-order valence-electron chi connectivity index (χ3n) is 4.43. The second-order valence-electron chi connectivity index (χ2n) is 6.10. The van der Waals surface area contributed by atoms with Crippen LogP contribution in [0.15, 0.2) is 10.5 Å². The molecule has 0 aliphatic carbocycles. The van der Waals surface area contributed by atoms with Gasteiger partial charge in [0, 0.05) is 25.7 Å². The van der Waals surface area contributed by atoms with E-state index < -0.39 is 0 Å². The van der Waals surface area contributed by atoms with Crippen LogP contribution in [0.25, 0.3) is 0 Å². The first-order valence-electron chi connectivity index (χ1n) is 7.11. The van der Waals surface area contributed by atoms with Crippen molar-refractivity contribution in [3.05, 3.63) is 23.2 Å². The lowest BCUT2D eigenvalue weighted by molar-refractivity contribution is 0.0585. The highest BCUT2D eigenvalue weighted by molar-refractivity contribution is 5.95. The topological polar surface area (TPSA) is 36.7 Å². The second kappa shape index (κ2) is 4.67. The van der Waals surface area contributed by atoms with Gasteiger partial charge in [-0.25, -0.2) is 0 Å². The van der Waals surface area contributed by atoms with E-state index >= 15 is 0 Å². The number of rotatable bonds is 1. The van der Waals surface area contributed by atoms with Crippen LogP contribution in [0.1, 0.15) is 34.7 Å². The molecule has 0 aromatic carbocycles. The third kappa shape index (κ3) is 2.29. The molecule has 0 N–H and O–H groups in total. The Labute approximate surface area is 114 Å². The first-order valence-corrected chi connectivity index (χ1v) is 7.11. The predicted molar refractivity (Wildman–Crippen MR) is 73.2 cm³/mol. The molecule has 3 fully saturated rings. The maximum atomic E-state index is 12.7. The van der Waals surface area contributed by atoms with E-state index in [0.717, 1.165) is 43.1 Å². The van der Waals surface area contributed by atoms with Crippen molar-refractivity contribution in [3.8, 4) is 0 Å². The van der Waals surface area contributed by atoms with Gasteiger partial charge in [-0.3, -0.25) is 4.79 Å². The van der Waals surface area contributed by atoms with Crippen LogP contribution < -0.4 is 0 Å². The fraction of sp³-hybridized carbons (Fsp3) is 0.667. The van der Waals surface area contributed by atoms with E-state index in [2.05, 4.69) is 16.8 Å². The Morgan fingerprint density at radius 1 is 1.26 bits per heavy atom. The summed E-state index contributed by atoms with van der Waals surface area (Å²) in [6.07, 6.45) is 2.39. The van der Waals surface area contributed by atoms with E-state index in [1.165, 1.54) is 6.42 Å². The lowest BCUT2D eigenvalue weighted by Crippen LogP contribution is -2.47. The smallest absolute Gasteiger partial charge is 0.257 e. The monoisotopic (exact) mass is 262 g/mol. The largest absolute Gasteiger partial charge is 0.466 e. The summed E-state index contributed by atoms with van der Waals surface area (Å²) in [6.45, 7) is 6.79. The van der Waals surface area contributed by atoms with Crippen LogP contribution in [0.2, 0.25) is 0 Å². The highest BCUT2D eigenvalue weighted by Crippen LogP contribution is 2.29. The molecule has 2 bridgehead atoms. The number of aryl methyl sites for hydroxylation is 2. The molecule has 104 valence electrons. The van der Waals surface area contributed by atoms with E-state index in [9.17, 15) is 4.79 Å². The Bertz CT molecular complexity index is 494. The zero-order chi connectivity index (χ0) is 13.6. The summed E-state index contributed by atoms with van der Waals surface area (Å²) in [5, 5.41) is 0. The van der Waals surface area contributed by atoms with E-state index in [1.807, 2.05) is 19.9 Å². The molecule has 0 radical (unpaired) electrons. The highest BCUT2D eigenvalue weighted by Gasteiger charge is 2.37. The van der Waals surface area contributed by atoms with E-state index in [4.69, 9.17) is 4.42 Å². The average Bonchev–Trinajstić information content (AvgIpc) is 2.52. The summed E-state index contributed by atoms with van der Waals surface area (Å²) in [5.41, 5.74) is 0.743. The maximum absolute atomic E-state index is 12.7. The number of likely N-dealkylation sites (N-methyl/N-ethyl adjacent to an activating group) is 1. The number of furan rings is 1. The van der Waals surface area contributed by atoms with Crippen molar-refractivity contribution in [2.45, 2.75) is 32.7 Å². The van der Waals surface area contributed by atoms with E-state index in [1.54, 1.807) is 0 Å². The molecule has 1 aromatic rings. The molecule has 0 spiro atoms. The average molecular weight is 262 g/mol. The van der Waals surface area contributed by atoms with Gasteiger partial charge < -0.3 is 14.2 Å². The minimum absolute atomic E-state index is 0.152. The number of piperidine rings is 1. The molecule has 1 aromatic heterocycles. The van der Waals surface area contributed by atoms with Gasteiger partial charge in [0.2, 0.25) is 0 Å². The van der Waals surface area contributed by atoms with Gasteiger partial charge in [-0.15, -0.1) is 0 Å². The molecule has 1 amide bonds. The second-order valence-corrected chi connectivity index (χ2v) is 6.10. The Balaban J connectivity index is 1.86. The Hall–Kier alpha value is -1.29. The molecular formula is C15H22N2O2. The number of amides is 1. The minimum atomic E-state index is 0.152. The van der Waals surface area contributed by atoms with Crippen LogP contribution in [0, 0.1) is 19.8 Å². The van der Waals surface area contributed by atoms with Gasteiger partial charge in [0.25, 0.3) is 5.91 Å².